The van der Waals surface area contributed by atoms with Crippen LogP contribution in [-0.2, 0) is 11.3 Å². The lowest BCUT2D eigenvalue weighted by Crippen LogP contribution is -2.36. The average Bonchev–Trinajstić information content (AvgIpc) is 3.47. The molecule has 0 saturated carbocycles. The summed E-state index contributed by atoms with van der Waals surface area (Å²) >= 11 is 1.69. The molecule has 2 heterocycles. The predicted molar refractivity (Wildman–Crippen MR) is 140 cm³/mol. The number of ether oxygens (including phenoxy) is 1. The van der Waals surface area contributed by atoms with Gasteiger partial charge in [-0.3, -0.25) is 4.79 Å². The third-order valence-corrected chi connectivity index (χ3v) is 6.99. The maximum Gasteiger partial charge on any atom is 0.268 e. The summed E-state index contributed by atoms with van der Waals surface area (Å²) in [6, 6.07) is 5.95. The number of aliphatic hydroxyl groups excluding tert-OH is 2. The van der Waals surface area contributed by atoms with Gasteiger partial charge < -0.3 is 29.7 Å². The van der Waals surface area contributed by atoms with Crippen LogP contribution < -0.4 is 10.1 Å². The number of rotatable bonds is 13. The lowest BCUT2D eigenvalue weighted by molar-refractivity contribution is -0.124. The molecule has 3 N–H and O–H groups in total. The predicted octanol–water partition coefficient (Wildman–Crippen LogP) is 3.47. The van der Waals surface area contributed by atoms with Crippen LogP contribution in [0.4, 0.5) is 0 Å². The Balaban J connectivity index is 1.68. The van der Waals surface area contributed by atoms with E-state index in [0.29, 0.717) is 17.5 Å². The second-order valence-corrected chi connectivity index (χ2v) is 10.2. The fourth-order valence-electron chi connectivity index (χ4n) is 3.81. The lowest BCUT2D eigenvalue weighted by atomic mass is 10.1. The van der Waals surface area contributed by atoms with Gasteiger partial charge in [0.1, 0.15) is 25.1 Å². The van der Waals surface area contributed by atoms with Crippen molar-refractivity contribution in [3.8, 4) is 27.9 Å². The number of hydrogen-bond donors (Lipinski definition) is 3. The summed E-state index contributed by atoms with van der Waals surface area (Å²) in [5.41, 5.74) is 3.78. The van der Waals surface area contributed by atoms with Crippen LogP contribution in [-0.4, -0.2) is 70.6 Å². The number of hydrogen-bond acceptors (Lipinski definition) is 9. The van der Waals surface area contributed by atoms with Crippen LogP contribution in [0.2, 0.25) is 0 Å². The van der Waals surface area contributed by atoms with Gasteiger partial charge in [-0.2, -0.15) is 4.98 Å². The van der Waals surface area contributed by atoms with Crippen molar-refractivity contribution in [2.75, 3.05) is 33.4 Å². The molecule has 0 aliphatic rings. The van der Waals surface area contributed by atoms with Crippen LogP contribution in [0.1, 0.15) is 41.3 Å². The van der Waals surface area contributed by atoms with Gasteiger partial charge in [-0.1, -0.05) is 18.5 Å². The Morgan fingerprint density at radius 1 is 1.22 bits per heavy atom. The molecule has 196 valence electrons. The number of carbonyl (C=O) groups is 1. The van der Waals surface area contributed by atoms with Gasteiger partial charge in [0.05, 0.1) is 4.88 Å². The van der Waals surface area contributed by atoms with Crippen LogP contribution in [0.5, 0.6) is 5.75 Å². The first-order valence-electron chi connectivity index (χ1n) is 12.1. The first kappa shape index (κ1) is 27.8. The Bertz CT molecular complexity index is 1140. The smallest absolute Gasteiger partial charge is 0.268 e. The maximum absolute atomic E-state index is 11.1. The summed E-state index contributed by atoms with van der Waals surface area (Å²) in [5.74, 6) is 1.12. The largest absolute Gasteiger partial charge is 0.490 e. The van der Waals surface area contributed by atoms with Crippen LogP contribution in [0.25, 0.3) is 22.2 Å². The van der Waals surface area contributed by atoms with Crippen LogP contribution in [0, 0.1) is 20.8 Å². The van der Waals surface area contributed by atoms with Gasteiger partial charge >= 0.3 is 0 Å². The summed E-state index contributed by atoms with van der Waals surface area (Å²) < 4.78 is 11.4. The molecule has 0 radical (unpaired) electrons. The Hall–Kier alpha value is -2.79. The fourth-order valence-corrected chi connectivity index (χ4v) is 4.98. The number of benzene rings is 1. The van der Waals surface area contributed by atoms with Gasteiger partial charge in [0.25, 0.3) is 5.89 Å². The topological polar surface area (TPSA) is 121 Å². The molecular formula is C26H36N4O5S. The molecule has 0 fully saturated rings. The van der Waals surface area contributed by atoms with Crippen LogP contribution in [0.15, 0.2) is 22.7 Å². The first-order chi connectivity index (χ1) is 17.2. The normalized spacial score (nSPS) is 12.2. The summed E-state index contributed by atoms with van der Waals surface area (Å²) in [5, 5.41) is 25.4. The molecule has 0 aliphatic heterocycles. The van der Waals surface area contributed by atoms with E-state index in [0.717, 1.165) is 34.7 Å². The summed E-state index contributed by atoms with van der Waals surface area (Å²) in [6.07, 6.45) is 1.47. The minimum atomic E-state index is -0.899. The molecule has 10 heteroatoms. The highest BCUT2D eigenvalue weighted by molar-refractivity contribution is 7.15. The number of nitrogens with zero attached hydrogens (tertiary/aromatic N) is 3. The van der Waals surface area contributed by atoms with Crippen molar-refractivity contribution in [1.82, 2.24) is 20.4 Å². The van der Waals surface area contributed by atoms with E-state index in [1.165, 1.54) is 23.3 Å². The third kappa shape index (κ3) is 7.36. The van der Waals surface area contributed by atoms with E-state index in [1.54, 1.807) is 11.3 Å². The Labute approximate surface area is 216 Å². The SMILES string of the molecule is CCCCN(C)Cc1sc(-c2nc(-c3cc(C)c(OC[C@@H](O)CNC(=O)CO)c(C)c3)no2)cc1C. The van der Waals surface area contributed by atoms with Crippen molar-refractivity contribution >= 4 is 17.2 Å². The Kier molecular flexibility index (Phi) is 10.0. The lowest BCUT2D eigenvalue weighted by Gasteiger charge is -2.16. The van der Waals surface area contributed by atoms with E-state index in [2.05, 4.69) is 47.3 Å². The highest BCUT2D eigenvalue weighted by Gasteiger charge is 2.18. The van der Waals surface area contributed by atoms with Gasteiger partial charge in [0.15, 0.2) is 0 Å². The van der Waals surface area contributed by atoms with E-state index in [4.69, 9.17) is 14.4 Å². The molecule has 1 atom stereocenters. The zero-order valence-corrected chi connectivity index (χ0v) is 22.4. The van der Waals surface area contributed by atoms with Crippen molar-refractivity contribution in [3.63, 3.8) is 0 Å². The van der Waals surface area contributed by atoms with Gasteiger partial charge in [-0.15, -0.1) is 11.3 Å². The number of nitrogens with one attached hydrogen (secondary N) is 1. The number of amides is 1. The highest BCUT2D eigenvalue weighted by atomic mass is 32.1. The van der Waals surface area contributed by atoms with E-state index < -0.39 is 18.6 Å². The van der Waals surface area contributed by atoms with Gasteiger partial charge in [0, 0.05) is 23.5 Å². The third-order valence-electron chi connectivity index (χ3n) is 5.78. The minimum absolute atomic E-state index is 0.000143. The van der Waals surface area contributed by atoms with Gasteiger partial charge in [-0.05, 0) is 75.7 Å². The number of unbranched alkanes of at least 4 members (excludes halogenated alkanes) is 1. The molecule has 3 aromatic rings. The van der Waals surface area contributed by atoms with Gasteiger partial charge in [-0.25, -0.2) is 0 Å². The van der Waals surface area contributed by atoms with E-state index in [9.17, 15) is 9.90 Å². The first-order valence-corrected chi connectivity index (χ1v) is 12.9. The second-order valence-electron chi connectivity index (χ2n) is 9.10. The molecule has 0 aliphatic carbocycles. The minimum Gasteiger partial charge on any atom is -0.490 e. The Morgan fingerprint density at radius 2 is 1.94 bits per heavy atom. The summed E-state index contributed by atoms with van der Waals surface area (Å²) in [4.78, 5) is 20.4. The Morgan fingerprint density at radius 3 is 2.61 bits per heavy atom. The van der Waals surface area contributed by atoms with Crippen molar-refractivity contribution in [2.24, 2.45) is 0 Å². The van der Waals surface area contributed by atoms with Crippen molar-refractivity contribution in [2.45, 2.75) is 53.2 Å². The summed E-state index contributed by atoms with van der Waals surface area (Å²) in [6.45, 7) is 9.51. The molecule has 0 bridgehead atoms. The quantitative estimate of drug-likeness (QED) is 0.316. The molecule has 0 saturated heterocycles. The fraction of sp³-hybridized carbons (Fsp3) is 0.500. The number of thiophene rings is 1. The van der Waals surface area contributed by atoms with Gasteiger partial charge in [0.2, 0.25) is 11.7 Å². The molecule has 0 spiro atoms. The second kappa shape index (κ2) is 13.0. The molecule has 1 aromatic carbocycles. The zero-order chi connectivity index (χ0) is 26.2. The molecule has 9 nitrogen and oxygen atoms in total. The van der Waals surface area contributed by atoms with Crippen molar-refractivity contribution in [3.05, 3.63) is 39.8 Å². The monoisotopic (exact) mass is 516 g/mol. The molecule has 1 amide bonds. The molecule has 2 aromatic heterocycles. The van der Waals surface area contributed by atoms with E-state index >= 15 is 0 Å². The molecule has 3 rings (SSSR count). The summed E-state index contributed by atoms with van der Waals surface area (Å²) in [7, 11) is 2.15. The number of aromatic nitrogens is 2. The molecule has 36 heavy (non-hydrogen) atoms. The standard InChI is InChI=1S/C26H36N4O5S/c1-6-7-8-30(5)13-22-16(2)11-21(36-22)26-28-25(29-35-26)19-9-17(3)24(18(4)10-19)34-15-20(32)12-27-23(33)14-31/h9-11,20,31-32H,6-8,12-15H2,1-5H3,(H,27,33)/t20-/m0/s1. The number of aryl methyl sites for hydroxylation is 3. The highest BCUT2D eigenvalue weighted by Crippen LogP contribution is 2.34. The molecule has 0 unspecified atom stereocenters. The van der Waals surface area contributed by atoms with E-state index in [1.807, 2.05) is 26.0 Å². The zero-order valence-electron chi connectivity index (χ0n) is 21.6. The van der Waals surface area contributed by atoms with Crippen molar-refractivity contribution < 1.29 is 24.3 Å². The van der Waals surface area contributed by atoms with E-state index in [-0.39, 0.29) is 13.2 Å². The number of aliphatic hydroxyl groups is 2. The van der Waals surface area contributed by atoms with Crippen molar-refractivity contribution in [1.29, 1.82) is 0 Å². The number of carbonyl (C=O) groups excluding carboxylic acids is 1. The average molecular weight is 517 g/mol. The molecular weight excluding hydrogens is 480 g/mol. The van der Waals surface area contributed by atoms with Crippen LogP contribution >= 0.6 is 11.3 Å². The maximum atomic E-state index is 11.1. The van der Waals surface area contributed by atoms with Crippen LogP contribution in [0.3, 0.4) is 0 Å².